The van der Waals surface area contributed by atoms with Gasteiger partial charge in [-0.25, -0.2) is 8.42 Å². The molecule has 1 aromatic carbocycles. The van der Waals surface area contributed by atoms with Gasteiger partial charge < -0.3 is 0 Å². The van der Waals surface area contributed by atoms with Crippen LogP contribution in [-0.2, 0) is 9.84 Å². The zero-order valence-electron chi connectivity index (χ0n) is 11.7. The first-order valence-electron chi connectivity index (χ1n) is 6.83. The van der Waals surface area contributed by atoms with E-state index < -0.39 is 20.4 Å². The van der Waals surface area contributed by atoms with Crippen LogP contribution in [0.1, 0.15) is 42.5 Å². The number of sulfone groups is 1. The zero-order chi connectivity index (χ0) is 15.6. The Hall–Kier alpha value is -1.76. The summed E-state index contributed by atoms with van der Waals surface area (Å²) in [6, 6.07) is 3.51. The Morgan fingerprint density at radius 2 is 1.86 bits per heavy atom. The Balaban J connectivity index is 2.43. The van der Waals surface area contributed by atoms with E-state index in [0.29, 0.717) is 0 Å². The second-order valence-corrected chi connectivity index (χ2v) is 7.42. The molecule has 114 valence electrons. The summed E-state index contributed by atoms with van der Waals surface area (Å²) in [5.74, 6) is -0.442. The van der Waals surface area contributed by atoms with Crippen molar-refractivity contribution in [1.82, 2.24) is 0 Å². The number of nitrogens with zero attached hydrogens (tertiary/aromatic N) is 1. The summed E-state index contributed by atoms with van der Waals surface area (Å²) < 4.78 is 23.0. The molecule has 0 aliphatic heterocycles. The molecule has 1 fully saturated rings. The van der Waals surface area contributed by atoms with E-state index in [4.69, 9.17) is 0 Å². The molecular formula is C14H17NO5S. The molecule has 1 aromatic rings. The smallest absolute Gasteiger partial charge is 0.281 e. The molecule has 6 nitrogen and oxygen atoms in total. The number of benzene rings is 1. The van der Waals surface area contributed by atoms with Gasteiger partial charge in [-0.05, 0) is 25.0 Å². The van der Waals surface area contributed by atoms with Gasteiger partial charge in [0.25, 0.3) is 5.69 Å². The van der Waals surface area contributed by atoms with Crippen molar-refractivity contribution in [3.8, 4) is 0 Å². The second kappa shape index (κ2) is 5.93. The molecule has 7 heteroatoms. The molecule has 0 bridgehead atoms. The third-order valence-electron chi connectivity index (χ3n) is 3.84. The summed E-state index contributed by atoms with van der Waals surface area (Å²) in [5, 5.41) is 11.1. The molecule has 21 heavy (non-hydrogen) atoms. The van der Waals surface area contributed by atoms with Crippen molar-refractivity contribution in [2.75, 3.05) is 6.26 Å². The minimum absolute atomic E-state index is 0.0132. The monoisotopic (exact) mass is 311 g/mol. The van der Waals surface area contributed by atoms with Crippen molar-refractivity contribution in [3.05, 3.63) is 33.9 Å². The van der Waals surface area contributed by atoms with Crippen LogP contribution in [0.3, 0.4) is 0 Å². The number of rotatable bonds is 4. The maximum Gasteiger partial charge on any atom is 0.281 e. The molecule has 1 saturated carbocycles. The predicted octanol–water partition coefficient (Wildman–Crippen LogP) is 2.76. The van der Waals surface area contributed by atoms with Crippen LogP contribution in [0.2, 0.25) is 0 Å². The lowest BCUT2D eigenvalue weighted by Gasteiger charge is -2.20. The Morgan fingerprint density at radius 1 is 1.24 bits per heavy atom. The Kier molecular flexibility index (Phi) is 4.41. The normalized spacial score (nSPS) is 16.6. The molecule has 0 saturated heterocycles. The topological polar surface area (TPSA) is 94.3 Å². The largest absolute Gasteiger partial charge is 0.294 e. The fourth-order valence-electron chi connectivity index (χ4n) is 2.69. The number of ketones is 1. The number of carbonyl (C=O) groups is 1. The second-order valence-electron chi connectivity index (χ2n) is 5.41. The number of hydrogen-bond acceptors (Lipinski definition) is 5. The maximum atomic E-state index is 12.4. The van der Waals surface area contributed by atoms with Crippen molar-refractivity contribution in [2.24, 2.45) is 5.92 Å². The fraction of sp³-hybridized carbons (Fsp3) is 0.500. The molecule has 2 rings (SSSR count). The summed E-state index contributed by atoms with van der Waals surface area (Å²) >= 11 is 0. The molecule has 0 amide bonds. The number of Topliss-reactive ketones (excluding diaryl/α,β-unsaturated/α-hetero) is 1. The van der Waals surface area contributed by atoms with Crippen molar-refractivity contribution >= 4 is 21.3 Å². The molecule has 0 atom stereocenters. The van der Waals surface area contributed by atoms with Crippen LogP contribution in [0.4, 0.5) is 5.69 Å². The van der Waals surface area contributed by atoms with Crippen LogP contribution >= 0.6 is 0 Å². The average Bonchev–Trinajstić information content (AvgIpc) is 2.45. The van der Waals surface area contributed by atoms with Crippen LogP contribution < -0.4 is 0 Å². The molecule has 1 aliphatic carbocycles. The van der Waals surface area contributed by atoms with Crippen molar-refractivity contribution in [2.45, 2.75) is 37.0 Å². The predicted molar refractivity (Wildman–Crippen MR) is 77.1 cm³/mol. The first-order chi connectivity index (χ1) is 9.80. The van der Waals surface area contributed by atoms with Crippen LogP contribution in [0.15, 0.2) is 23.1 Å². The van der Waals surface area contributed by atoms with Gasteiger partial charge in [0.1, 0.15) is 0 Å². The van der Waals surface area contributed by atoms with Gasteiger partial charge in [-0.3, -0.25) is 14.9 Å². The van der Waals surface area contributed by atoms with Gasteiger partial charge in [0.15, 0.2) is 15.6 Å². The van der Waals surface area contributed by atoms with Gasteiger partial charge in [-0.1, -0.05) is 19.3 Å². The van der Waals surface area contributed by atoms with Gasteiger partial charge in [-0.2, -0.15) is 0 Å². The number of nitro benzene ring substituents is 1. The highest BCUT2D eigenvalue weighted by Gasteiger charge is 2.29. The van der Waals surface area contributed by atoms with E-state index in [-0.39, 0.29) is 22.2 Å². The van der Waals surface area contributed by atoms with Crippen molar-refractivity contribution in [1.29, 1.82) is 0 Å². The van der Waals surface area contributed by atoms with Gasteiger partial charge in [0.05, 0.1) is 15.4 Å². The van der Waals surface area contributed by atoms with Gasteiger partial charge in [0, 0.05) is 18.2 Å². The molecule has 0 unspecified atom stereocenters. The summed E-state index contributed by atoms with van der Waals surface area (Å²) in [4.78, 5) is 22.7. The minimum atomic E-state index is -3.54. The highest BCUT2D eigenvalue weighted by molar-refractivity contribution is 7.90. The summed E-state index contributed by atoms with van der Waals surface area (Å²) in [6.45, 7) is 0. The standard InChI is InChI=1S/C14H17NO5S/c1-21(19,20)11-7-8-12(13(9-11)15(17)18)14(16)10-5-3-2-4-6-10/h7-10H,2-6H2,1H3. The van der Waals surface area contributed by atoms with Gasteiger partial charge in [0.2, 0.25) is 0 Å². The minimum Gasteiger partial charge on any atom is -0.294 e. The lowest BCUT2D eigenvalue weighted by atomic mass is 9.83. The molecule has 1 aliphatic rings. The molecule has 0 radical (unpaired) electrons. The van der Waals surface area contributed by atoms with Crippen LogP contribution in [0.25, 0.3) is 0 Å². The van der Waals surface area contributed by atoms with E-state index in [0.717, 1.165) is 44.4 Å². The SMILES string of the molecule is CS(=O)(=O)c1ccc(C(=O)C2CCCCC2)c([N+](=O)[O-])c1. The van der Waals surface area contributed by atoms with E-state index in [1.807, 2.05) is 0 Å². The van der Waals surface area contributed by atoms with Crippen LogP contribution in [0, 0.1) is 16.0 Å². The summed E-state index contributed by atoms with van der Waals surface area (Å²) in [7, 11) is -3.54. The molecular weight excluding hydrogens is 294 g/mol. The summed E-state index contributed by atoms with van der Waals surface area (Å²) in [5.41, 5.74) is -0.409. The fourth-order valence-corrected chi connectivity index (χ4v) is 3.33. The van der Waals surface area contributed by atoms with Crippen LogP contribution in [-0.4, -0.2) is 25.4 Å². The number of nitro groups is 1. The summed E-state index contributed by atoms with van der Waals surface area (Å²) in [6.07, 6.45) is 5.44. The first-order valence-corrected chi connectivity index (χ1v) is 8.72. The maximum absolute atomic E-state index is 12.4. The van der Waals surface area contributed by atoms with Gasteiger partial charge in [-0.15, -0.1) is 0 Å². The molecule has 0 aromatic heterocycles. The Bertz CT molecular complexity index is 675. The molecule has 0 N–H and O–H groups in total. The van der Waals surface area contributed by atoms with E-state index in [9.17, 15) is 23.3 Å². The number of carbonyl (C=O) groups excluding carboxylic acids is 1. The lowest BCUT2D eigenvalue weighted by Crippen LogP contribution is -2.19. The van der Waals surface area contributed by atoms with E-state index in [1.54, 1.807) is 0 Å². The zero-order valence-corrected chi connectivity index (χ0v) is 12.6. The highest BCUT2D eigenvalue weighted by atomic mass is 32.2. The quantitative estimate of drug-likeness (QED) is 0.484. The first kappa shape index (κ1) is 15.6. The number of hydrogen-bond donors (Lipinski definition) is 0. The average molecular weight is 311 g/mol. The lowest BCUT2D eigenvalue weighted by molar-refractivity contribution is -0.385. The van der Waals surface area contributed by atoms with Gasteiger partial charge >= 0.3 is 0 Å². The molecule has 0 heterocycles. The third-order valence-corrected chi connectivity index (χ3v) is 4.95. The Morgan fingerprint density at radius 3 is 2.38 bits per heavy atom. The van der Waals surface area contributed by atoms with E-state index >= 15 is 0 Å². The van der Waals surface area contributed by atoms with E-state index in [2.05, 4.69) is 0 Å². The Labute approximate surface area is 123 Å². The van der Waals surface area contributed by atoms with Crippen molar-refractivity contribution in [3.63, 3.8) is 0 Å². The molecule has 0 spiro atoms. The van der Waals surface area contributed by atoms with Crippen LogP contribution in [0.5, 0.6) is 0 Å². The third kappa shape index (κ3) is 3.47. The highest BCUT2D eigenvalue weighted by Crippen LogP contribution is 2.31. The van der Waals surface area contributed by atoms with E-state index in [1.165, 1.54) is 12.1 Å². The van der Waals surface area contributed by atoms with Crippen molar-refractivity contribution < 1.29 is 18.1 Å².